The van der Waals surface area contributed by atoms with Crippen LogP contribution in [0.15, 0.2) is 22.7 Å². The summed E-state index contributed by atoms with van der Waals surface area (Å²) in [6.07, 6.45) is -2.56. The molecule has 1 N–H and O–H groups in total. The Morgan fingerprint density at radius 2 is 1.90 bits per heavy atom. The first-order chi connectivity index (χ1) is 9.11. The van der Waals surface area contributed by atoms with Crippen molar-refractivity contribution in [2.75, 3.05) is 0 Å². The molecule has 0 aliphatic heterocycles. The van der Waals surface area contributed by atoms with Crippen LogP contribution in [0, 0.1) is 5.92 Å². The topological polar surface area (TPSA) is 29.1 Å². The molecule has 1 aromatic rings. The number of alkyl halides is 3. The zero-order valence-electron chi connectivity index (χ0n) is 11.1. The fraction of sp³-hybridized carbons (Fsp3) is 0.500. The van der Waals surface area contributed by atoms with Gasteiger partial charge in [-0.05, 0) is 50.8 Å². The van der Waals surface area contributed by atoms with Crippen LogP contribution in [0.2, 0.25) is 0 Å². The van der Waals surface area contributed by atoms with E-state index in [0.717, 1.165) is 18.9 Å². The van der Waals surface area contributed by atoms with Crippen LogP contribution in [-0.4, -0.2) is 11.4 Å². The second kappa shape index (κ2) is 5.06. The Hall–Kier alpha value is -1.04. The van der Waals surface area contributed by atoms with Gasteiger partial charge in [-0.2, -0.15) is 13.2 Å². The van der Waals surface area contributed by atoms with E-state index in [9.17, 15) is 18.0 Å². The van der Waals surface area contributed by atoms with Crippen LogP contribution in [0.1, 0.15) is 42.6 Å². The molecule has 0 aromatic heterocycles. The van der Waals surface area contributed by atoms with E-state index in [1.807, 2.05) is 13.8 Å². The van der Waals surface area contributed by atoms with Crippen molar-refractivity contribution in [2.24, 2.45) is 5.92 Å². The molecule has 0 spiro atoms. The number of hydrogen-bond donors (Lipinski definition) is 1. The Labute approximate surface area is 123 Å². The maximum atomic E-state index is 13.0. The molecule has 1 aliphatic carbocycles. The minimum absolute atomic E-state index is 0.294. The molecule has 20 heavy (non-hydrogen) atoms. The molecule has 1 saturated carbocycles. The number of hydrogen-bond acceptors (Lipinski definition) is 1. The van der Waals surface area contributed by atoms with Gasteiger partial charge in [-0.25, -0.2) is 0 Å². The summed E-state index contributed by atoms with van der Waals surface area (Å²) in [5.74, 6) is -0.335. The molecule has 1 amide bonds. The summed E-state index contributed by atoms with van der Waals surface area (Å²) in [6, 6.07) is 3.57. The summed E-state index contributed by atoms with van der Waals surface area (Å²) in [6.45, 7) is 3.68. The third-order valence-corrected chi connectivity index (χ3v) is 4.06. The summed E-state index contributed by atoms with van der Waals surface area (Å²) in [4.78, 5) is 12.1. The molecular weight excluding hydrogens is 335 g/mol. The summed E-state index contributed by atoms with van der Waals surface area (Å²) in [5.41, 5.74) is -1.74. The molecule has 110 valence electrons. The van der Waals surface area contributed by atoms with Crippen molar-refractivity contribution in [1.82, 2.24) is 5.32 Å². The number of carbonyl (C=O) groups is 1. The van der Waals surface area contributed by atoms with E-state index >= 15 is 0 Å². The van der Waals surface area contributed by atoms with Crippen molar-refractivity contribution in [3.8, 4) is 0 Å². The Kier molecular flexibility index (Phi) is 3.88. The normalized spacial score (nSPS) is 16.1. The largest absolute Gasteiger partial charge is 0.417 e. The second-order valence-electron chi connectivity index (χ2n) is 5.64. The second-order valence-corrected chi connectivity index (χ2v) is 6.55. The van der Waals surface area contributed by atoms with E-state index in [4.69, 9.17) is 0 Å². The van der Waals surface area contributed by atoms with Crippen LogP contribution in [0.4, 0.5) is 13.2 Å². The first-order valence-electron chi connectivity index (χ1n) is 6.30. The van der Waals surface area contributed by atoms with Crippen LogP contribution in [0.5, 0.6) is 0 Å². The standard InChI is InChI=1S/C14H15BrF3NO/c1-13(2,8-3-4-8)19-12(20)10-6-5-9(15)7-11(10)14(16,17)18/h5-8H,3-4H2,1-2H3,(H,19,20). The van der Waals surface area contributed by atoms with Crippen molar-refractivity contribution >= 4 is 21.8 Å². The third kappa shape index (κ3) is 3.34. The van der Waals surface area contributed by atoms with Gasteiger partial charge in [-0.15, -0.1) is 0 Å². The van der Waals surface area contributed by atoms with Gasteiger partial charge >= 0.3 is 6.18 Å². The lowest BCUT2D eigenvalue weighted by molar-refractivity contribution is -0.138. The van der Waals surface area contributed by atoms with E-state index in [0.29, 0.717) is 10.4 Å². The molecule has 0 bridgehead atoms. The van der Waals surface area contributed by atoms with Gasteiger partial charge in [0.05, 0.1) is 11.1 Å². The SMILES string of the molecule is CC(C)(NC(=O)c1ccc(Br)cc1C(F)(F)F)C1CC1. The van der Waals surface area contributed by atoms with E-state index in [-0.39, 0.29) is 5.56 Å². The highest BCUT2D eigenvalue weighted by Gasteiger charge is 2.41. The first-order valence-corrected chi connectivity index (χ1v) is 7.10. The van der Waals surface area contributed by atoms with Crippen LogP contribution in [0.3, 0.4) is 0 Å². The fourth-order valence-corrected chi connectivity index (χ4v) is 2.58. The van der Waals surface area contributed by atoms with Crippen LogP contribution in [-0.2, 0) is 6.18 Å². The number of amides is 1. The zero-order valence-corrected chi connectivity index (χ0v) is 12.7. The third-order valence-electron chi connectivity index (χ3n) is 3.57. The molecule has 0 unspecified atom stereocenters. The highest BCUT2D eigenvalue weighted by atomic mass is 79.9. The molecule has 1 fully saturated rings. The number of rotatable bonds is 3. The Balaban J connectivity index is 2.30. The molecule has 0 atom stereocenters. The van der Waals surface area contributed by atoms with Gasteiger partial charge in [-0.3, -0.25) is 4.79 Å². The number of halogens is 4. The molecule has 6 heteroatoms. The molecule has 0 saturated heterocycles. The average Bonchev–Trinajstić information content (AvgIpc) is 3.10. The van der Waals surface area contributed by atoms with Crippen molar-refractivity contribution < 1.29 is 18.0 Å². The fourth-order valence-electron chi connectivity index (χ4n) is 2.22. The van der Waals surface area contributed by atoms with Crippen molar-refractivity contribution in [1.29, 1.82) is 0 Å². The summed E-state index contributed by atoms with van der Waals surface area (Å²) in [5, 5.41) is 2.71. The monoisotopic (exact) mass is 349 g/mol. The smallest absolute Gasteiger partial charge is 0.347 e. The Morgan fingerprint density at radius 3 is 2.40 bits per heavy atom. The minimum Gasteiger partial charge on any atom is -0.347 e. The lowest BCUT2D eigenvalue weighted by atomic mass is 9.97. The summed E-state index contributed by atoms with van der Waals surface area (Å²) < 4.78 is 39.3. The lowest BCUT2D eigenvalue weighted by Gasteiger charge is -2.27. The molecule has 1 aliphatic rings. The molecule has 2 rings (SSSR count). The van der Waals surface area contributed by atoms with Crippen LogP contribution < -0.4 is 5.32 Å². The zero-order chi connectivity index (χ0) is 15.1. The molecular formula is C14H15BrF3NO. The molecule has 0 radical (unpaired) electrons. The predicted octanol–water partition coefficient (Wildman–Crippen LogP) is 4.39. The van der Waals surface area contributed by atoms with E-state index in [2.05, 4.69) is 21.2 Å². The number of carbonyl (C=O) groups excluding carboxylic acids is 1. The van der Waals surface area contributed by atoms with Crippen molar-refractivity contribution in [3.05, 3.63) is 33.8 Å². The molecule has 0 heterocycles. The van der Waals surface area contributed by atoms with Gasteiger partial charge in [0.25, 0.3) is 5.91 Å². The van der Waals surface area contributed by atoms with E-state index in [1.165, 1.54) is 12.1 Å². The Morgan fingerprint density at radius 1 is 1.30 bits per heavy atom. The van der Waals surface area contributed by atoms with Gasteiger partial charge in [0, 0.05) is 10.0 Å². The van der Waals surface area contributed by atoms with Crippen LogP contribution in [0.25, 0.3) is 0 Å². The minimum atomic E-state index is -4.56. The highest BCUT2D eigenvalue weighted by Crippen LogP contribution is 2.40. The maximum absolute atomic E-state index is 13.0. The van der Waals surface area contributed by atoms with Gasteiger partial charge in [-0.1, -0.05) is 15.9 Å². The van der Waals surface area contributed by atoms with Gasteiger partial charge < -0.3 is 5.32 Å². The van der Waals surface area contributed by atoms with E-state index in [1.54, 1.807) is 0 Å². The summed E-state index contributed by atoms with van der Waals surface area (Å²) in [7, 11) is 0. The quantitative estimate of drug-likeness (QED) is 0.861. The number of benzene rings is 1. The van der Waals surface area contributed by atoms with Gasteiger partial charge in [0.2, 0.25) is 0 Å². The van der Waals surface area contributed by atoms with Gasteiger partial charge in [0.1, 0.15) is 0 Å². The average molecular weight is 350 g/mol. The summed E-state index contributed by atoms with van der Waals surface area (Å²) >= 11 is 3.00. The van der Waals surface area contributed by atoms with Crippen LogP contribution >= 0.6 is 15.9 Å². The Bertz CT molecular complexity index is 536. The predicted molar refractivity (Wildman–Crippen MR) is 73.4 cm³/mol. The molecule has 1 aromatic carbocycles. The lowest BCUT2D eigenvalue weighted by Crippen LogP contribution is -2.45. The van der Waals surface area contributed by atoms with Crippen molar-refractivity contribution in [2.45, 2.75) is 38.4 Å². The maximum Gasteiger partial charge on any atom is 0.417 e. The molecule has 2 nitrogen and oxygen atoms in total. The first kappa shape index (κ1) is 15.4. The van der Waals surface area contributed by atoms with Gasteiger partial charge in [0.15, 0.2) is 0 Å². The highest BCUT2D eigenvalue weighted by molar-refractivity contribution is 9.10. The van der Waals surface area contributed by atoms with E-state index < -0.39 is 23.2 Å². The van der Waals surface area contributed by atoms with Crippen molar-refractivity contribution in [3.63, 3.8) is 0 Å². The number of nitrogens with one attached hydrogen (secondary N) is 1.